The summed E-state index contributed by atoms with van der Waals surface area (Å²) in [7, 11) is 0. The van der Waals surface area contributed by atoms with Gasteiger partial charge >= 0.3 is 0 Å². The molecule has 0 fully saturated rings. The van der Waals surface area contributed by atoms with Crippen LogP contribution < -0.4 is 0 Å². The second-order valence-corrected chi connectivity index (χ2v) is 3.41. The van der Waals surface area contributed by atoms with Crippen LogP contribution in [0.5, 0.6) is 0 Å². The second kappa shape index (κ2) is 4.14. The molecule has 0 unspecified atom stereocenters. The highest BCUT2D eigenvalue weighted by Gasteiger charge is 1.89. The standard InChI is InChI=1S/C8H8Br2/c9-6-5-7-1-3-8(10)4-2-7/h1-4H,5-6H2/i6D2. The number of rotatable bonds is 2. The predicted octanol–water partition coefficient (Wildman–Crippen LogP) is 3.39. The monoisotopic (exact) mass is 264 g/mol. The summed E-state index contributed by atoms with van der Waals surface area (Å²) in [5.74, 6) is 0. The highest BCUT2D eigenvalue weighted by molar-refractivity contribution is 9.10. The van der Waals surface area contributed by atoms with Crippen molar-refractivity contribution in [1.82, 2.24) is 0 Å². The van der Waals surface area contributed by atoms with Crippen molar-refractivity contribution in [2.24, 2.45) is 0 Å². The molecule has 1 aromatic carbocycles. The van der Waals surface area contributed by atoms with Crippen molar-refractivity contribution in [3.63, 3.8) is 0 Å². The van der Waals surface area contributed by atoms with E-state index < -0.39 is 5.28 Å². The molecule has 0 aliphatic rings. The fourth-order valence-corrected chi connectivity index (χ4v) is 1.27. The van der Waals surface area contributed by atoms with Crippen LogP contribution >= 0.6 is 31.9 Å². The molecule has 0 saturated carbocycles. The average molecular weight is 266 g/mol. The summed E-state index contributed by atoms with van der Waals surface area (Å²) in [5, 5.41) is -1.30. The van der Waals surface area contributed by atoms with Gasteiger partial charge in [0.25, 0.3) is 0 Å². The maximum absolute atomic E-state index is 7.29. The summed E-state index contributed by atoms with van der Waals surface area (Å²) >= 11 is 6.27. The fourth-order valence-electron chi connectivity index (χ4n) is 0.679. The Hall–Kier alpha value is 0.180. The summed E-state index contributed by atoms with van der Waals surface area (Å²) in [4.78, 5) is 0. The van der Waals surface area contributed by atoms with Crippen molar-refractivity contribution in [1.29, 1.82) is 0 Å². The number of hydrogen-bond acceptors (Lipinski definition) is 0. The number of halogens is 2. The number of alkyl halides is 1. The third-order valence-electron chi connectivity index (χ3n) is 1.18. The van der Waals surface area contributed by atoms with E-state index in [0.717, 1.165) is 10.0 Å². The Morgan fingerprint density at radius 2 is 1.90 bits per heavy atom. The first-order valence-electron chi connectivity index (χ1n) is 3.91. The minimum atomic E-state index is -1.30. The van der Waals surface area contributed by atoms with Gasteiger partial charge in [0.2, 0.25) is 0 Å². The number of aryl methyl sites for hydroxylation is 1. The van der Waals surface area contributed by atoms with Gasteiger partial charge in [-0.1, -0.05) is 44.0 Å². The second-order valence-electron chi connectivity index (χ2n) is 1.94. The Bertz CT molecular complexity index is 251. The largest absolute Gasteiger partial charge is 0.0924 e. The van der Waals surface area contributed by atoms with Crippen molar-refractivity contribution in [3.8, 4) is 0 Å². The molecule has 0 spiro atoms. The maximum atomic E-state index is 7.29. The zero-order valence-electron chi connectivity index (χ0n) is 7.27. The lowest BCUT2D eigenvalue weighted by atomic mass is 10.2. The normalized spacial score (nSPS) is 14.2. The summed E-state index contributed by atoms with van der Waals surface area (Å²) in [6.07, 6.45) is 0.389. The first-order valence-corrected chi connectivity index (χ1v) is 4.49. The molecule has 0 saturated heterocycles. The molecule has 0 heterocycles. The van der Waals surface area contributed by atoms with Crippen molar-refractivity contribution in [2.45, 2.75) is 6.42 Å². The third-order valence-corrected chi connectivity index (χ3v) is 1.99. The average Bonchev–Trinajstić information content (AvgIpc) is 1.91. The van der Waals surface area contributed by atoms with Gasteiger partial charge in [-0.3, -0.25) is 0 Å². The highest BCUT2D eigenvalue weighted by Crippen LogP contribution is 2.11. The Balaban J connectivity index is 2.71. The molecule has 1 rings (SSSR count). The Labute approximate surface area is 80.7 Å². The zero-order chi connectivity index (χ0) is 9.19. The van der Waals surface area contributed by atoms with E-state index in [-0.39, 0.29) is 0 Å². The van der Waals surface area contributed by atoms with Crippen LogP contribution in [0, 0.1) is 0 Å². The Kier molecular flexibility index (Phi) is 2.39. The first kappa shape index (κ1) is 5.78. The van der Waals surface area contributed by atoms with Crippen LogP contribution in [0.4, 0.5) is 0 Å². The van der Waals surface area contributed by atoms with Crippen LogP contribution in [0.2, 0.25) is 0 Å². The van der Waals surface area contributed by atoms with Gasteiger partial charge < -0.3 is 0 Å². The Morgan fingerprint density at radius 3 is 2.40 bits per heavy atom. The quantitative estimate of drug-likeness (QED) is 0.720. The van der Waals surface area contributed by atoms with E-state index >= 15 is 0 Å². The van der Waals surface area contributed by atoms with Crippen LogP contribution in [-0.2, 0) is 6.42 Å². The van der Waals surface area contributed by atoms with E-state index in [9.17, 15) is 0 Å². The maximum Gasteiger partial charge on any atom is 0.0390 e. The summed E-state index contributed by atoms with van der Waals surface area (Å²) in [6.45, 7) is 0. The van der Waals surface area contributed by atoms with Crippen molar-refractivity contribution >= 4 is 31.9 Å². The number of benzene rings is 1. The lowest BCUT2D eigenvalue weighted by Gasteiger charge is -1.95. The molecular formula is C8H8Br2. The van der Waals surface area contributed by atoms with Gasteiger partial charge in [0.15, 0.2) is 0 Å². The van der Waals surface area contributed by atoms with E-state index in [1.807, 2.05) is 24.3 Å². The minimum Gasteiger partial charge on any atom is -0.0924 e. The van der Waals surface area contributed by atoms with Crippen LogP contribution in [0.1, 0.15) is 8.30 Å². The molecule has 2 heteroatoms. The van der Waals surface area contributed by atoms with Gasteiger partial charge in [-0.05, 0) is 24.1 Å². The highest BCUT2D eigenvalue weighted by atomic mass is 79.9. The van der Waals surface area contributed by atoms with Gasteiger partial charge in [-0.15, -0.1) is 0 Å². The van der Waals surface area contributed by atoms with E-state index in [1.165, 1.54) is 0 Å². The molecule has 0 aromatic heterocycles. The first-order chi connectivity index (χ1) is 5.47. The molecule has 54 valence electrons. The molecule has 0 aliphatic heterocycles. The molecule has 0 atom stereocenters. The van der Waals surface area contributed by atoms with E-state index in [0.29, 0.717) is 6.42 Å². The Morgan fingerprint density at radius 1 is 1.30 bits per heavy atom. The molecule has 0 N–H and O–H groups in total. The van der Waals surface area contributed by atoms with Gasteiger partial charge in [0.1, 0.15) is 0 Å². The van der Waals surface area contributed by atoms with Crippen LogP contribution in [-0.4, -0.2) is 5.28 Å². The minimum absolute atomic E-state index is 0.389. The molecule has 1 aromatic rings. The van der Waals surface area contributed by atoms with E-state index in [4.69, 9.17) is 2.74 Å². The van der Waals surface area contributed by atoms with Crippen molar-refractivity contribution in [3.05, 3.63) is 34.3 Å². The molecule has 0 nitrogen and oxygen atoms in total. The van der Waals surface area contributed by atoms with Crippen LogP contribution in [0.25, 0.3) is 0 Å². The topological polar surface area (TPSA) is 0 Å². The summed E-state index contributed by atoms with van der Waals surface area (Å²) in [6, 6.07) is 7.63. The molecule has 10 heavy (non-hydrogen) atoms. The van der Waals surface area contributed by atoms with E-state index in [2.05, 4.69) is 31.9 Å². The summed E-state index contributed by atoms with van der Waals surface area (Å²) in [5.41, 5.74) is 0.986. The van der Waals surface area contributed by atoms with Crippen molar-refractivity contribution in [2.75, 3.05) is 5.28 Å². The molecule has 0 radical (unpaired) electrons. The SMILES string of the molecule is [2H]C([2H])(Br)Cc1ccc(Br)cc1. The smallest absolute Gasteiger partial charge is 0.0390 e. The predicted molar refractivity (Wildman–Crippen MR) is 51.6 cm³/mol. The van der Waals surface area contributed by atoms with E-state index in [1.54, 1.807) is 0 Å². The van der Waals surface area contributed by atoms with Crippen LogP contribution in [0.3, 0.4) is 0 Å². The lowest BCUT2D eigenvalue weighted by Crippen LogP contribution is -1.83. The van der Waals surface area contributed by atoms with Gasteiger partial charge in [-0.2, -0.15) is 0 Å². The molecule has 0 amide bonds. The molecule has 0 bridgehead atoms. The molecular weight excluding hydrogens is 256 g/mol. The van der Waals surface area contributed by atoms with Gasteiger partial charge in [0.05, 0.1) is 0 Å². The van der Waals surface area contributed by atoms with Crippen LogP contribution in [0.15, 0.2) is 28.7 Å². The fraction of sp³-hybridized carbons (Fsp3) is 0.250. The lowest BCUT2D eigenvalue weighted by molar-refractivity contribution is 1.17. The molecule has 0 aliphatic carbocycles. The third kappa shape index (κ3) is 2.43. The van der Waals surface area contributed by atoms with Gasteiger partial charge in [-0.25, -0.2) is 0 Å². The zero-order valence-corrected chi connectivity index (χ0v) is 8.44. The number of hydrogen-bond donors (Lipinski definition) is 0. The van der Waals surface area contributed by atoms with Gasteiger partial charge in [0, 0.05) is 12.5 Å². The summed E-state index contributed by atoms with van der Waals surface area (Å²) < 4.78 is 15.6. The van der Waals surface area contributed by atoms with Crippen molar-refractivity contribution < 1.29 is 2.74 Å².